The van der Waals surface area contributed by atoms with Gasteiger partial charge in [0, 0.05) is 46.2 Å². The summed E-state index contributed by atoms with van der Waals surface area (Å²) in [5.41, 5.74) is -2.93. The van der Waals surface area contributed by atoms with Gasteiger partial charge in [0.15, 0.2) is 11.3 Å². The molecule has 2 heterocycles. The second-order valence-electron chi connectivity index (χ2n) is 8.44. The number of aliphatic hydroxyl groups excluding tert-OH is 1. The predicted molar refractivity (Wildman–Crippen MR) is 142 cm³/mol. The van der Waals surface area contributed by atoms with Gasteiger partial charge in [-0.3, -0.25) is 0 Å². The number of alkyl halides is 3. The highest BCUT2D eigenvalue weighted by atomic mass is 32.1. The normalized spacial score (nSPS) is 17.2. The smallest absolute Gasteiger partial charge is 0.432 e. The Labute approximate surface area is 227 Å². The fraction of sp³-hybridized carbons (Fsp3) is 0.250. The van der Waals surface area contributed by atoms with Crippen LogP contribution in [0.2, 0.25) is 0 Å². The van der Waals surface area contributed by atoms with Crippen LogP contribution in [-0.4, -0.2) is 44.2 Å². The lowest BCUT2D eigenvalue weighted by molar-refractivity contribution is -0.236. The monoisotopic (exact) mass is 552 g/mol. The highest BCUT2D eigenvalue weighted by Gasteiger charge is 2.60. The summed E-state index contributed by atoms with van der Waals surface area (Å²) in [6, 6.07) is 13.8. The highest BCUT2D eigenvalue weighted by Crippen LogP contribution is 2.49. The second kappa shape index (κ2) is 11.9. The Kier molecular flexibility index (Phi) is 8.88. The number of allylic oxidation sites excluding steroid dienone is 2. The number of aliphatic hydroxyl groups is 1. The molecule has 0 spiro atoms. The molecule has 1 aromatic heterocycles. The largest absolute Gasteiger partial charge is 0.496 e. The van der Waals surface area contributed by atoms with Crippen molar-refractivity contribution < 1.29 is 27.8 Å². The van der Waals surface area contributed by atoms with Gasteiger partial charge >= 0.3 is 6.18 Å². The van der Waals surface area contributed by atoms with Gasteiger partial charge in [-0.2, -0.15) is 29.0 Å². The van der Waals surface area contributed by atoms with E-state index in [1.807, 2.05) is 42.3 Å². The summed E-state index contributed by atoms with van der Waals surface area (Å²) in [5, 5.41) is 37.0. The second-order valence-corrected chi connectivity index (χ2v) is 9.59. The average molecular weight is 553 g/mol. The molecule has 2 aromatic rings. The maximum absolute atomic E-state index is 14.0. The number of ether oxygens (including phenoxy) is 2. The molecule has 0 bridgehead atoms. The first-order chi connectivity index (χ1) is 18.5. The standard InChI is InChI=1S/C28H23F3N4O3S/c1-27(28(29,30)31)24(23(17-34)26(38-27)19(15-32)16-33)11-10-22-9-8-21(39-22)7-5-18-4-6-20(14-25(18)37-3)35(2)12-13-36/h4-11,14,36H,12-13H2,1-3H3/b7-5+,11-10+. The van der Waals surface area contributed by atoms with E-state index in [0.717, 1.165) is 29.1 Å². The van der Waals surface area contributed by atoms with E-state index < -0.39 is 34.3 Å². The summed E-state index contributed by atoms with van der Waals surface area (Å²) in [4.78, 5) is 3.31. The SMILES string of the molecule is COc1cc(N(C)CCO)ccc1/C=C/c1ccc(/C=C/C2=C(C#N)C(=C(C#N)C#N)OC2(C)C(F)(F)F)s1. The Morgan fingerprint density at radius 3 is 2.28 bits per heavy atom. The van der Waals surface area contributed by atoms with Gasteiger partial charge in [-0.15, -0.1) is 11.3 Å². The number of likely N-dealkylation sites (N-methyl/N-ethyl adjacent to an activating group) is 1. The van der Waals surface area contributed by atoms with Gasteiger partial charge in [-0.25, -0.2) is 0 Å². The zero-order valence-electron chi connectivity index (χ0n) is 21.2. The first-order valence-corrected chi connectivity index (χ1v) is 12.3. The van der Waals surface area contributed by atoms with E-state index in [2.05, 4.69) is 0 Å². The van der Waals surface area contributed by atoms with Crippen LogP contribution in [0, 0.1) is 34.0 Å². The van der Waals surface area contributed by atoms with E-state index >= 15 is 0 Å². The molecular formula is C28H23F3N4O3S. The minimum absolute atomic E-state index is 0.0197. The van der Waals surface area contributed by atoms with Crippen molar-refractivity contribution in [2.45, 2.75) is 18.7 Å². The van der Waals surface area contributed by atoms with Crippen LogP contribution >= 0.6 is 11.3 Å². The summed E-state index contributed by atoms with van der Waals surface area (Å²) < 4.78 is 52.5. The number of benzene rings is 1. The Bertz CT molecular complexity index is 1480. The van der Waals surface area contributed by atoms with Crippen LogP contribution in [0.3, 0.4) is 0 Å². The zero-order chi connectivity index (χ0) is 28.8. The van der Waals surface area contributed by atoms with E-state index in [1.54, 1.807) is 25.3 Å². The van der Waals surface area contributed by atoms with Crippen molar-refractivity contribution in [1.82, 2.24) is 0 Å². The molecule has 0 saturated heterocycles. The van der Waals surface area contributed by atoms with Crippen molar-refractivity contribution in [1.29, 1.82) is 15.8 Å². The Balaban J connectivity index is 1.92. The third-order valence-electron chi connectivity index (χ3n) is 6.00. The topological polar surface area (TPSA) is 113 Å². The zero-order valence-corrected chi connectivity index (χ0v) is 22.0. The molecule has 0 saturated carbocycles. The van der Waals surface area contributed by atoms with Gasteiger partial charge in [0.05, 0.1) is 13.7 Å². The number of nitrogens with zero attached hydrogens (tertiary/aromatic N) is 4. The summed E-state index contributed by atoms with van der Waals surface area (Å²) in [5.74, 6) is -0.0499. The number of methoxy groups -OCH3 is 1. The van der Waals surface area contributed by atoms with Gasteiger partial charge in [0.1, 0.15) is 29.5 Å². The van der Waals surface area contributed by atoms with Crippen LogP contribution in [-0.2, 0) is 4.74 Å². The molecule has 1 N–H and O–H groups in total. The number of nitriles is 3. The molecule has 7 nitrogen and oxygen atoms in total. The van der Waals surface area contributed by atoms with Gasteiger partial charge in [-0.1, -0.05) is 6.08 Å². The molecular weight excluding hydrogens is 529 g/mol. The van der Waals surface area contributed by atoms with E-state index in [-0.39, 0.29) is 6.61 Å². The molecule has 3 rings (SSSR count). The van der Waals surface area contributed by atoms with Crippen LogP contribution in [0.25, 0.3) is 18.2 Å². The van der Waals surface area contributed by atoms with Crippen molar-refractivity contribution in [2.24, 2.45) is 0 Å². The predicted octanol–water partition coefficient (Wildman–Crippen LogP) is 5.84. The molecule has 1 atom stereocenters. The Morgan fingerprint density at radius 2 is 1.74 bits per heavy atom. The molecule has 1 unspecified atom stereocenters. The quantitative estimate of drug-likeness (QED) is 0.409. The van der Waals surface area contributed by atoms with Gasteiger partial charge in [-0.05, 0) is 49.4 Å². The minimum Gasteiger partial charge on any atom is -0.496 e. The first kappa shape index (κ1) is 29.1. The summed E-state index contributed by atoms with van der Waals surface area (Å²) >= 11 is 1.30. The summed E-state index contributed by atoms with van der Waals surface area (Å²) in [6.07, 6.45) is 1.32. The molecule has 39 heavy (non-hydrogen) atoms. The molecule has 0 fully saturated rings. The van der Waals surface area contributed by atoms with Crippen LogP contribution in [0.1, 0.15) is 22.2 Å². The third-order valence-corrected chi connectivity index (χ3v) is 7.02. The van der Waals surface area contributed by atoms with Crippen molar-refractivity contribution in [3.63, 3.8) is 0 Å². The lowest BCUT2D eigenvalue weighted by Crippen LogP contribution is -2.43. The number of hydrogen-bond donors (Lipinski definition) is 1. The van der Waals surface area contributed by atoms with Gasteiger partial charge in [0.25, 0.3) is 0 Å². The molecule has 0 aliphatic carbocycles. The number of thiophene rings is 1. The number of rotatable bonds is 8. The maximum Gasteiger partial charge on any atom is 0.432 e. The van der Waals surface area contributed by atoms with Crippen LogP contribution < -0.4 is 9.64 Å². The van der Waals surface area contributed by atoms with E-state index in [4.69, 9.17) is 25.1 Å². The van der Waals surface area contributed by atoms with Crippen molar-refractivity contribution in [3.05, 3.63) is 74.2 Å². The minimum atomic E-state index is -4.92. The first-order valence-electron chi connectivity index (χ1n) is 11.4. The van der Waals surface area contributed by atoms with Gasteiger partial charge < -0.3 is 19.5 Å². The molecule has 0 radical (unpaired) electrons. The number of hydrogen-bond acceptors (Lipinski definition) is 8. The van der Waals surface area contributed by atoms with Crippen LogP contribution in [0.4, 0.5) is 18.9 Å². The highest BCUT2D eigenvalue weighted by molar-refractivity contribution is 7.13. The van der Waals surface area contributed by atoms with Crippen LogP contribution in [0.5, 0.6) is 5.75 Å². The van der Waals surface area contributed by atoms with E-state index in [0.29, 0.717) is 17.2 Å². The van der Waals surface area contributed by atoms with E-state index in [1.165, 1.54) is 29.6 Å². The van der Waals surface area contributed by atoms with Crippen molar-refractivity contribution >= 4 is 35.3 Å². The van der Waals surface area contributed by atoms with Crippen LogP contribution in [0.15, 0.2) is 58.9 Å². The summed E-state index contributed by atoms with van der Waals surface area (Å²) in [7, 11) is 3.41. The number of halogens is 3. The Hall–Kier alpha value is -4.50. The number of anilines is 1. The van der Waals surface area contributed by atoms with Crippen molar-refractivity contribution in [2.75, 3.05) is 32.2 Å². The lowest BCUT2D eigenvalue weighted by atomic mass is 9.92. The molecule has 1 aromatic carbocycles. The lowest BCUT2D eigenvalue weighted by Gasteiger charge is -2.28. The van der Waals surface area contributed by atoms with Crippen molar-refractivity contribution in [3.8, 4) is 24.0 Å². The van der Waals surface area contributed by atoms with Gasteiger partial charge in [0.2, 0.25) is 5.60 Å². The summed E-state index contributed by atoms with van der Waals surface area (Å²) in [6.45, 7) is 1.25. The molecule has 1 aliphatic heterocycles. The fourth-order valence-corrected chi connectivity index (χ4v) is 4.59. The maximum atomic E-state index is 14.0. The Morgan fingerprint density at radius 1 is 1.10 bits per heavy atom. The molecule has 1 aliphatic rings. The molecule has 0 amide bonds. The van der Waals surface area contributed by atoms with E-state index in [9.17, 15) is 18.4 Å². The fourth-order valence-electron chi connectivity index (χ4n) is 3.78. The molecule has 11 heteroatoms. The third kappa shape index (κ3) is 5.99. The molecule has 200 valence electrons. The average Bonchev–Trinajstić information content (AvgIpc) is 3.48.